The Morgan fingerprint density at radius 2 is 0.610 bits per heavy atom. The molecule has 0 aliphatic heterocycles. The van der Waals surface area contributed by atoms with Gasteiger partial charge in [0.1, 0.15) is 26.8 Å². The lowest BCUT2D eigenvalue weighted by Crippen LogP contribution is -2.40. The Kier molecular flexibility index (Phi) is 29.6. The monoisotopic (exact) mass is 591 g/mol. The Balaban J connectivity index is 3.97. The van der Waals surface area contributed by atoms with Crippen LogP contribution in [0, 0.1) is 0 Å². The Bertz CT molecular complexity index is 465. The molecule has 0 aromatic carbocycles. The minimum absolute atomic E-state index is 0.109. The summed E-state index contributed by atoms with van der Waals surface area (Å²) in [4.78, 5) is 0. The van der Waals surface area contributed by atoms with E-state index < -0.39 is 11.6 Å². The zero-order chi connectivity index (χ0) is 30.3. The summed E-state index contributed by atoms with van der Waals surface area (Å²) in [5.74, 6) is -1.47. The Morgan fingerprint density at radius 1 is 0.341 bits per heavy atom. The van der Waals surface area contributed by atoms with E-state index in [1.807, 2.05) is 0 Å². The van der Waals surface area contributed by atoms with Gasteiger partial charge in [-0.25, -0.2) is 0 Å². The van der Waals surface area contributed by atoms with Crippen LogP contribution in [0.3, 0.4) is 0 Å². The zero-order valence-electron chi connectivity index (χ0n) is 28.2. The second-order valence-electron chi connectivity index (χ2n) is 11.6. The van der Waals surface area contributed by atoms with Crippen molar-refractivity contribution >= 4 is 0 Å². The fourth-order valence-electron chi connectivity index (χ4n) is 5.26. The lowest BCUT2D eigenvalue weighted by atomic mass is 10.0. The number of methoxy groups -OCH3 is 4. The highest BCUT2D eigenvalue weighted by Gasteiger charge is 2.30. The molecule has 0 amide bonds. The lowest BCUT2D eigenvalue weighted by molar-refractivity contribution is -0.269. The van der Waals surface area contributed by atoms with Crippen molar-refractivity contribution in [2.75, 3.05) is 55.2 Å². The summed E-state index contributed by atoms with van der Waals surface area (Å²) >= 11 is 0. The highest BCUT2D eigenvalue weighted by atomic mass is 16.8. The van der Waals surface area contributed by atoms with E-state index in [0.717, 1.165) is 25.7 Å². The summed E-state index contributed by atoms with van der Waals surface area (Å²) in [6.07, 6.45) is 27.6. The van der Waals surface area contributed by atoms with Crippen molar-refractivity contribution in [2.24, 2.45) is 0 Å². The van der Waals surface area contributed by atoms with Gasteiger partial charge in [-0.3, -0.25) is 0 Å². The van der Waals surface area contributed by atoms with Crippen LogP contribution >= 0.6 is 0 Å². The molecule has 0 aromatic heterocycles. The molecular formula is C34H70O7. The van der Waals surface area contributed by atoms with Gasteiger partial charge in [-0.2, -0.15) is 0 Å². The third-order valence-corrected chi connectivity index (χ3v) is 8.29. The summed E-state index contributed by atoms with van der Waals surface area (Å²) < 4.78 is 39.8. The van der Waals surface area contributed by atoms with E-state index in [4.69, 9.17) is 33.2 Å². The van der Waals surface area contributed by atoms with Crippen LogP contribution in [0.4, 0.5) is 0 Å². The van der Waals surface area contributed by atoms with Crippen molar-refractivity contribution in [3.05, 3.63) is 0 Å². The fourth-order valence-corrected chi connectivity index (χ4v) is 5.26. The maximum Gasteiger partial charge on any atom is 0.191 e. The van der Waals surface area contributed by atoms with Crippen molar-refractivity contribution in [3.63, 3.8) is 0 Å². The predicted molar refractivity (Wildman–Crippen MR) is 169 cm³/mol. The SMILES string of the molecule is CCCCCCCCCCCCC(COCOCOCC(CCCCCCCCCCCC)(OC)OC)(OC)OC. The smallest absolute Gasteiger partial charge is 0.191 e. The number of ether oxygens (including phenoxy) is 7. The molecule has 0 saturated heterocycles. The molecule has 41 heavy (non-hydrogen) atoms. The minimum Gasteiger partial charge on any atom is -0.351 e. The van der Waals surface area contributed by atoms with Gasteiger partial charge in [0.2, 0.25) is 0 Å². The molecule has 0 spiro atoms. The van der Waals surface area contributed by atoms with Crippen LogP contribution in [0.2, 0.25) is 0 Å². The van der Waals surface area contributed by atoms with Crippen LogP contribution in [-0.4, -0.2) is 66.8 Å². The van der Waals surface area contributed by atoms with Gasteiger partial charge < -0.3 is 33.2 Å². The number of hydrogen-bond donors (Lipinski definition) is 0. The van der Waals surface area contributed by atoms with E-state index in [0.29, 0.717) is 13.2 Å². The number of rotatable bonds is 34. The summed E-state index contributed by atoms with van der Waals surface area (Å²) in [6.45, 7) is 5.38. The summed E-state index contributed by atoms with van der Waals surface area (Å²) in [5.41, 5.74) is 0. The van der Waals surface area contributed by atoms with Crippen molar-refractivity contribution in [1.29, 1.82) is 0 Å². The van der Waals surface area contributed by atoms with E-state index in [1.165, 1.54) is 116 Å². The van der Waals surface area contributed by atoms with Crippen molar-refractivity contribution < 1.29 is 33.2 Å². The highest BCUT2D eigenvalue weighted by molar-refractivity contribution is 4.69. The molecule has 0 bridgehead atoms. The topological polar surface area (TPSA) is 64.6 Å². The molecule has 0 N–H and O–H groups in total. The maximum absolute atomic E-state index is 5.73. The van der Waals surface area contributed by atoms with Gasteiger partial charge in [-0.05, 0) is 12.8 Å². The van der Waals surface area contributed by atoms with Gasteiger partial charge in [0, 0.05) is 41.3 Å². The van der Waals surface area contributed by atoms with Gasteiger partial charge in [-0.15, -0.1) is 0 Å². The quantitative estimate of drug-likeness (QED) is 0.0546. The third kappa shape index (κ3) is 22.9. The molecule has 0 atom stereocenters. The van der Waals surface area contributed by atoms with Crippen LogP contribution in [-0.2, 0) is 33.2 Å². The molecular weight excluding hydrogens is 520 g/mol. The first-order valence-electron chi connectivity index (χ1n) is 17.0. The first-order chi connectivity index (χ1) is 20.1. The summed E-state index contributed by atoms with van der Waals surface area (Å²) in [5, 5.41) is 0. The van der Waals surface area contributed by atoms with E-state index in [2.05, 4.69) is 13.8 Å². The van der Waals surface area contributed by atoms with Gasteiger partial charge >= 0.3 is 0 Å². The standard InChI is InChI=1S/C34H70O7/c1-7-9-11-13-15-17-19-21-23-25-27-33(35-3,36-4)29-39-31-41-32-40-30-34(37-5,38-6)28-26-24-22-20-18-16-14-12-10-8-2/h7-32H2,1-6H3. The lowest BCUT2D eigenvalue weighted by Gasteiger charge is -2.31. The van der Waals surface area contributed by atoms with E-state index in [-0.39, 0.29) is 13.6 Å². The first kappa shape index (κ1) is 40.7. The average molecular weight is 591 g/mol. The van der Waals surface area contributed by atoms with Crippen LogP contribution in [0.1, 0.15) is 155 Å². The number of hydrogen-bond acceptors (Lipinski definition) is 7. The summed E-state index contributed by atoms with van der Waals surface area (Å²) in [7, 11) is 6.71. The first-order valence-corrected chi connectivity index (χ1v) is 17.0. The largest absolute Gasteiger partial charge is 0.351 e. The summed E-state index contributed by atoms with van der Waals surface area (Å²) in [6, 6.07) is 0. The predicted octanol–water partition coefficient (Wildman–Crippen LogP) is 9.55. The van der Waals surface area contributed by atoms with Gasteiger partial charge in [0.05, 0.1) is 0 Å². The number of unbranched alkanes of at least 4 members (excludes halogenated alkanes) is 18. The van der Waals surface area contributed by atoms with Crippen molar-refractivity contribution in [2.45, 2.75) is 167 Å². The van der Waals surface area contributed by atoms with Gasteiger partial charge in [0.25, 0.3) is 0 Å². The molecule has 0 fully saturated rings. The maximum atomic E-state index is 5.73. The third-order valence-electron chi connectivity index (χ3n) is 8.29. The Morgan fingerprint density at radius 3 is 0.878 bits per heavy atom. The molecule has 7 heteroatoms. The van der Waals surface area contributed by atoms with Crippen LogP contribution in [0.15, 0.2) is 0 Å². The second kappa shape index (κ2) is 29.8. The molecule has 248 valence electrons. The molecule has 7 nitrogen and oxygen atoms in total. The molecule has 0 saturated carbocycles. The normalized spacial score (nSPS) is 12.4. The Hall–Kier alpha value is -0.280. The Labute approximate surface area is 255 Å². The van der Waals surface area contributed by atoms with Gasteiger partial charge in [-0.1, -0.05) is 129 Å². The molecule has 0 rings (SSSR count). The van der Waals surface area contributed by atoms with Gasteiger partial charge in [0.15, 0.2) is 11.6 Å². The molecule has 0 heterocycles. The molecule has 0 aliphatic rings. The minimum atomic E-state index is -0.735. The van der Waals surface area contributed by atoms with Crippen LogP contribution < -0.4 is 0 Å². The van der Waals surface area contributed by atoms with Crippen molar-refractivity contribution in [3.8, 4) is 0 Å². The van der Waals surface area contributed by atoms with Crippen LogP contribution in [0.5, 0.6) is 0 Å². The van der Waals surface area contributed by atoms with E-state index in [9.17, 15) is 0 Å². The molecule has 0 unspecified atom stereocenters. The van der Waals surface area contributed by atoms with Crippen molar-refractivity contribution in [1.82, 2.24) is 0 Å². The fraction of sp³-hybridized carbons (Fsp3) is 1.00. The van der Waals surface area contributed by atoms with Crippen LogP contribution in [0.25, 0.3) is 0 Å². The average Bonchev–Trinajstić information content (AvgIpc) is 3.00. The molecule has 0 radical (unpaired) electrons. The van der Waals surface area contributed by atoms with E-state index in [1.54, 1.807) is 28.4 Å². The molecule has 0 aliphatic carbocycles. The highest BCUT2D eigenvalue weighted by Crippen LogP contribution is 2.23. The zero-order valence-corrected chi connectivity index (χ0v) is 28.2. The second-order valence-corrected chi connectivity index (χ2v) is 11.6. The van der Waals surface area contributed by atoms with E-state index >= 15 is 0 Å². The molecule has 0 aromatic rings.